The van der Waals surface area contributed by atoms with Gasteiger partial charge in [0.15, 0.2) is 0 Å². The maximum atomic E-state index is 12.8. The van der Waals surface area contributed by atoms with Crippen molar-refractivity contribution < 1.29 is 9.53 Å². The SMILES string of the molecule is CCCCCC1CC=C(C(=O)Oc2ccccc2CCCCC2CCC(CCCCC)CC2)CC1. The lowest BCUT2D eigenvalue weighted by Gasteiger charge is -2.28. The molecule has 2 heteroatoms. The second-order valence-electron chi connectivity index (χ2n) is 11.5. The van der Waals surface area contributed by atoms with Gasteiger partial charge >= 0.3 is 5.97 Å². The van der Waals surface area contributed by atoms with Gasteiger partial charge in [0.2, 0.25) is 0 Å². The minimum absolute atomic E-state index is 0.125. The molecule has 0 spiro atoms. The van der Waals surface area contributed by atoms with Crippen LogP contribution in [-0.4, -0.2) is 5.97 Å². The van der Waals surface area contributed by atoms with Crippen LogP contribution in [0, 0.1) is 17.8 Å². The molecule has 0 bridgehead atoms. The molecule has 3 rings (SSSR count). The van der Waals surface area contributed by atoms with E-state index in [9.17, 15) is 4.79 Å². The van der Waals surface area contributed by atoms with E-state index in [1.165, 1.54) is 102 Å². The molecular formula is C33H52O2. The Labute approximate surface area is 216 Å². The topological polar surface area (TPSA) is 26.3 Å². The van der Waals surface area contributed by atoms with Gasteiger partial charge in [0, 0.05) is 5.57 Å². The summed E-state index contributed by atoms with van der Waals surface area (Å²) in [4.78, 5) is 12.8. The molecule has 0 radical (unpaired) electrons. The molecule has 0 N–H and O–H groups in total. The van der Waals surface area contributed by atoms with Crippen molar-refractivity contribution in [3.8, 4) is 5.75 Å². The first-order valence-corrected chi connectivity index (χ1v) is 15.2. The highest BCUT2D eigenvalue weighted by atomic mass is 16.5. The summed E-state index contributed by atoms with van der Waals surface area (Å²) in [7, 11) is 0. The number of hydrogen-bond acceptors (Lipinski definition) is 2. The zero-order valence-corrected chi connectivity index (χ0v) is 22.9. The lowest BCUT2D eigenvalue weighted by Crippen LogP contribution is -2.17. The number of para-hydroxylation sites is 1. The molecule has 1 unspecified atom stereocenters. The smallest absolute Gasteiger partial charge is 0.339 e. The largest absolute Gasteiger partial charge is 0.423 e. The number of aryl methyl sites for hydroxylation is 1. The van der Waals surface area contributed by atoms with Gasteiger partial charge in [-0.05, 0) is 61.5 Å². The first-order chi connectivity index (χ1) is 17.2. The van der Waals surface area contributed by atoms with Crippen LogP contribution in [0.2, 0.25) is 0 Å². The summed E-state index contributed by atoms with van der Waals surface area (Å²) in [6, 6.07) is 8.18. The number of esters is 1. The lowest BCUT2D eigenvalue weighted by atomic mass is 9.78. The fourth-order valence-corrected chi connectivity index (χ4v) is 6.23. The van der Waals surface area contributed by atoms with Crippen LogP contribution in [0.3, 0.4) is 0 Å². The zero-order chi connectivity index (χ0) is 24.7. The van der Waals surface area contributed by atoms with E-state index in [1.54, 1.807) is 0 Å². The van der Waals surface area contributed by atoms with Gasteiger partial charge in [0.25, 0.3) is 0 Å². The number of ether oxygens (including phenoxy) is 1. The molecule has 1 fully saturated rings. The third kappa shape index (κ3) is 10.1. The van der Waals surface area contributed by atoms with E-state index in [1.807, 2.05) is 12.1 Å². The van der Waals surface area contributed by atoms with Gasteiger partial charge in [-0.2, -0.15) is 0 Å². The Kier molecular flexibility index (Phi) is 13.0. The average molecular weight is 481 g/mol. The molecule has 0 aliphatic heterocycles. The summed E-state index contributed by atoms with van der Waals surface area (Å²) in [6.07, 6.45) is 26.7. The molecule has 1 aromatic rings. The zero-order valence-electron chi connectivity index (χ0n) is 22.9. The molecule has 2 aliphatic carbocycles. The molecule has 1 atom stereocenters. The normalized spacial score (nSPS) is 22.6. The second kappa shape index (κ2) is 16.2. The summed E-state index contributed by atoms with van der Waals surface area (Å²) in [5.41, 5.74) is 2.08. The quantitative estimate of drug-likeness (QED) is 0.142. The molecule has 1 saturated carbocycles. The average Bonchev–Trinajstić information content (AvgIpc) is 2.89. The predicted octanol–water partition coefficient (Wildman–Crippen LogP) is 10.00. The summed E-state index contributed by atoms with van der Waals surface area (Å²) in [5.74, 6) is 3.35. The van der Waals surface area contributed by atoms with Crippen LogP contribution in [0.4, 0.5) is 0 Å². The third-order valence-corrected chi connectivity index (χ3v) is 8.66. The van der Waals surface area contributed by atoms with Crippen LogP contribution in [0.15, 0.2) is 35.9 Å². The maximum absolute atomic E-state index is 12.8. The summed E-state index contributed by atoms with van der Waals surface area (Å²) in [5, 5.41) is 0. The van der Waals surface area contributed by atoms with Crippen LogP contribution in [-0.2, 0) is 11.2 Å². The summed E-state index contributed by atoms with van der Waals surface area (Å²) in [6.45, 7) is 4.56. The first-order valence-electron chi connectivity index (χ1n) is 15.2. The second-order valence-corrected chi connectivity index (χ2v) is 11.5. The number of allylic oxidation sites excluding steroid dienone is 1. The van der Waals surface area contributed by atoms with Crippen LogP contribution in [0.25, 0.3) is 0 Å². The van der Waals surface area contributed by atoms with Gasteiger partial charge in [-0.1, -0.05) is 128 Å². The third-order valence-electron chi connectivity index (χ3n) is 8.66. The number of carbonyl (C=O) groups excluding carboxylic acids is 1. The number of benzene rings is 1. The predicted molar refractivity (Wildman–Crippen MR) is 149 cm³/mol. The lowest BCUT2D eigenvalue weighted by molar-refractivity contribution is -0.130. The monoisotopic (exact) mass is 480 g/mol. The molecule has 2 nitrogen and oxygen atoms in total. The molecule has 1 aromatic carbocycles. The van der Waals surface area contributed by atoms with Gasteiger partial charge in [-0.15, -0.1) is 0 Å². The fraction of sp³-hybridized carbons (Fsp3) is 0.727. The molecule has 2 aliphatic rings. The molecule has 0 amide bonds. The van der Waals surface area contributed by atoms with Crippen LogP contribution in [0.5, 0.6) is 5.75 Å². The van der Waals surface area contributed by atoms with Crippen LogP contribution in [0.1, 0.15) is 135 Å². The van der Waals surface area contributed by atoms with E-state index < -0.39 is 0 Å². The Hall–Kier alpha value is -1.57. The minimum atomic E-state index is -0.125. The van der Waals surface area contributed by atoms with E-state index in [2.05, 4.69) is 32.1 Å². The number of unbranched alkanes of at least 4 members (excludes halogenated alkanes) is 5. The van der Waals surface area contributed by atoms with Crippen molar-refractivity contribution in [2.75, 3.05) is 0 Å². The Balaban J connectivity index is 1.36. The van der Waals surface area contributed by atoms with Gasteiger partial charge < -0.3 is 4.74 Å². The van der Waals surface area contributed by atoms with E-state index >= 15 is 0 Å². The Morgan fingerprint density at radius 1 is 0.771 bits per heavy atom. The van der Waals surface area contributed by atoms with Crippen molar-refractivity contribution in [2.45, 2.75) is 136 Å². The molecular weight excluding hydrogens is 428 g/mol. The van der Waals surface area contributed by atoms with Crippen molar-refractivity contribution in [1.29, 1.82) is 0 Å². The Bertz CT molecular complexity index is 756. The number of rotatable bonds is 15. The molecule has 35 heavy (non-hydrogen) atoms. The highest BCUT2D eigenvalue weighted by Crippen LogP contribution is 2.35. The standard InChI is InChI=1S/C33H52O2/c1-3-5-7-13-27-19-21-28(22-20-27)15-9-10-16-30-17-11-12-18-32(30)35-33(34)31-25-23-29(24-26-31)14-8-6-4-2/h11-12,17-18,25,27-29H,3-10,13-16,19-24,26H2,1-2H3. The molecule has 0 heterocycles. The Morgan fingerprint density at radius 2 is 1.37 bits per heavy atom. The number of carbonyl (C=O) groups is 1. The summed E-state index contributed by atoms with van der Waals surface area (Å²) < 4.78 is 5.91. The van der Waals surface area contributed by atoms with Gasteiger partial charge in [-0.25, -0.2) is 4.79 Å². The van der Waals surface area contributed by atoms with Gasteiger partial charge in [-0.3, -0.25) is 0 Å². The van der Waals surface area contributed by atoms with E-state index in [-0.39, 0.29) is 5.97 Å². The highest BCUT2D eigenvalue weighted by Gasteiger charge is 2.22. The fourth-order valence-electron chi connectivity index (χ4n) is 6.23. The van der Waals surface area contributed by atoms with E-state index in [0.717, 1.165) is 54.8 Å². The van der Waals surface area contributed by atoms with Crippen molar-refractivity contribution in [2.24, 2.45) is 17.8 Å². The maximum Gasteiger partial charge on any atom is 0.339 e. The first kappa shape index (κ1) is 28.0. The van der Waals surface area contributed by atoms with Gasteiger partial charge in [0.05, 0.1) is 0 Å². The molecule has 196 valence electrons. The van der Waals surface area contributed by atoms with Gasteiger partial charge in [0.1, 0.15) is 5.75 Å². The minimum Gasteiger partial charge on any atom is -0.423 e. The van der Waals surface area contributed by atoms with Crippen molar-refractivity contribution in [1.82, 2.24) is 0 Å². The highest BCUT2D eigenvalue weighted by molar-refractivity contribution is 5.90. The van der Waals surface area contributed by atoms with Crippen molar-refractivity contribution in [3.63, 3.8) is 0 Å². The van der Waals surface area contributed by atoms with E-state index in [4.69, 9.17) is 4.74 Å². The Morgan fingerprint density at radius 3 is 1.97 bits per heavy atom. The number of hydrogen-bond donors (Lipinski definition) is 0. The van der Waals surface area contributed by atoms with Crippen LogP contribution >= 0.6 is 0 Å². The summed E-state index contributed by atoms with van der Waals surface area (Å²) >= 11 is 0. The van der Waals surface area contributed by atoms with Crippen molar-refractivity contribution >= 4 is 5.97 Å². The van der Waals surface area contributed by atoms with Crippen LogP contribution < -0.4 is 4.74 Å². The van der Waals surface area contributed by atoms with Crippen molar-refractivity contribution in [3.05, 3.63) is 41.5 Å². The molecule has 0 saturated heterocycles. The van der Waals surface area contributed by atoms with E-state index in [0.29, 0.717) is 0 Å². The molecule has 0 aromatic heterocycles.